The van der Waals surface area contributed by atoms with Crippen LogP contribution in [0.5, 0.6) is 0 Å². The highest BCUT2D eigenvalue weighted by Crippen LogP contribution is 2.18. The van der Waals surface area contributed by atoms with Gasteiger partial charge in [0.1, 0.15) is 5.76 Å². The zero-order valence-corrected chi connectivity index (χ0v) is 9.71. The molecule has 1 N–H and O–H groups in total. The van der Waals surface area contributed by atoms with E-state index in [-0.39, 0.29) is 0 Å². The molecular formula is C10H14INO. The van der Waals surface area contributed by atoms with Crippen LogP contribution in [0.15, 0.2) is 16.5 Å². The average molecular weight is 291 g/mol. The van der Waals surface area contributed by atoms with Crippen molar-refractivity contribution < 1.29 is 4.42 Å². The maximum atomic E-state index is 5.47. The highest BCUT2D eigenvalue weighted by molar-refractivity contribution is 14.1. The maximum absolute atomic E-state index is 5.47. The number of halogens is 1. The highest BCUT2D eigenvalue weighted by Gasteiger charge is 2.14. The van der Waals surface area contributed by atoms with Gasteiger partial charge in [-0.2, -0.15) is 0 Å². The van der Waals surface area contributed by atoms with Crippen molar-refractivity contribution in [3.05, 3.63) is 21.7 Å². The molecule has 0 bridgehead atoms. The third kappa shape index (κ3) is 2.71. The van der Waals surface area contributed by atoms with Gasteiger partial charge in [0.15, 0.2) is 3.77 Å². The monoisotopic (exact) mass is 291 g/mol. The van der Waals surface area contributed by atoms with Crippen LogP contribution in [0.1, 0.15) is 31.4 Å². The molecule has 1 fully saturated rings. The second kappa shape index (κ2) is 4.46. The van der Waals surface area contributed by atoms with Gasteiger partial charge in [0.05, 0.1) is 6.54 Å². The molecule has 0 aliphatic heterocycles. The first-order chi connectivity index (χ1) is 6.34. The third-order valence-electron chi connectivity index (χ3n) is 2.55. The molecule has 3 heteroatoms. The van der Waals surface area contributed by atoms with Gasteiger partial charge in [-0.05, 0) is 47.6 Å². The molecule has 72 valence electrons. The zero-order chi connectivity index (χ0) is 9.10. The van der Waals surface area contributed by atoms with Gasteiger partial charge < -0.3 is 9.73 Å². The van der Waals surface area contributed by atoms with Gasteiger partial charge in [-0.25, -0.2) is 0 Å². The van der Waals surface area contributed by atoms with Crippen LogP contribution in [0.25, 0.3) is 0 Å². The lowest BCUT2D eigenvalue weighted by Crippen LogP contribution is -2.24. The second-order valence-electron chi connectivity index (χ2n) is 3.57. The predicted octanol–water partition coefficient (Wildman–Crippen LogP) is 2.92. The number of rotatable bonds is 3. The SMILES string of the molecule is Ic1ccc(CNC2CCCC2)o1. The summed E-state index contributed by atoms with van der Waals surface area (Å²) >= 11 is 2.19. The standard InChI is InChI=1S/C10H14INO/c11-10-6-5-9(13-10)7-12-8-3-1-2-4-8/h5-6,8,12H,1-4,7H2. The molecule has 0 atom stereocenters. The Morgan fingerprint density at radius 2 is 2.15 bits per heavy atom. The predicted molar refractivity (Wildman–Crippen MR) is 60.5 cm³/mol. The normalized spacial score (nSPS) is 18.2. The van der Waals surface area contributed by atoms with Crippen molar-refractivity contribution in [2.45, 2.75) is 38.3 Å². The van der Waals surface area contributed by atoms with E-state index in [0.717, 1.165) is 22.1 Å². The lowest BCUT2D eigenvalue weighted by molar-refractivity contribution is 0.433. The fraction of sp³-hybridized carbons (Fsp3) is 0.600. The highest BCUT2D eigenvalue weighted by atomic mass is 127. The van der Waals surface area contributed by atoms with Gasteiger partial charge in [0.25, 0.3) is 0 Å². The lowest BCUT2D eigenvalue weighted by Gasteiger charge is -2.09. The molecular weight excluding hydrogens is 277 g/mol. The summed E-state index contributed by atoms with van der Waals surface area (Å²) < 4.78 is 6.44. The van der Waals surface area contributed by atoms with Crippen LogP contribution in [-0.4, -0.2) is 6.04 Å². The summed E-state index contributed by atoms with van der Waals surface area (Å²) in [6, 6.07) is 4.78. The first-order valence-electron chi connectivity index (χ1n) is 4.82. The Labute approximate surface area is 92.2 Å². The topological polar surface area (TPSA) is 25.2 Å². The smallest absolute Gasteiger partial charge is 0.164 e. The summed E-state index contributed by atoms with van der Waals surface area (Å²) in [6.07, 6.45) is 5.43. The van der Waals surface area contributed by atoms with E-state index in [1.165, 1.54) is 25.7 Å². The summed E-state index contributed by atoms with van der Waals surface area (Å²) in [5.41, 5.74) is 0. The molecule has 0 radical (unpaired) electrons. The first kappa shape index (κ1) is 9.52. The van der Waals surface area contributed by atoms with Crippen LogP contribution >= 0.6 is 22.6 Å². The van der Waals surface area contributed by atoms with E-state index in [9.17, 15) is 0 Å². The fourth-order valence-electron chi connectivity index (χ4n) is 1.82. The molecule has 1 saturated carbocycles. The van der Waals surface area contributed by atoms with Crippen molar-refractivity contribution in [2.24, 2.45) is 0 Å². The van der Waals surface area contributed by atoms with E-state index in [4.69, 9.17) is 4.42 Å². The Bertz CT molecular complexity index is 266. The molecule has 1 aromatic heterocycles. The van der Waals surface area contributed by atoms with E-state index in [1.807, 2.05) is 12.1 Å². The third-order valence-corrected chi connectivity index (χ3v) is 3.13. The van der Waals surface area contributed by atoms with E-state index >= 15 is 0 Å². The van der Waals surface area contributed by atoms with Crippen molar-refractivity contribution >= 4 is 22.6 Å². The molecule has 0 aromatic carbocycles. The first-order valence-corrected chi connectivity index (χ1v) is 5.90. The fourth-order valence-corrected chi connectivity index (χ4v) is 2.28. The molecule has 0 saturated heterocycles. The van der Waals surface area contributed by atoms with Crippen molar-refractivity contribution in [1.82, 2.24) is 5.32 Å². The van der Waals surface area contributed by atoms with Crippen LogP contribution in [0.4, 0.5) is 0 Å². The van der Waals surface area contributed by atoms with E-state index < -0.39 is 0 Å². The molecule has 0 spiro atoms. The summed E-state index contributed by atoms with van der Waals surface area (Å²) in [5, 5.41) is 3.51. The Balaban J connectivity index is 1.78. The maximum Gasteiger partial charge on any atom is 0.164 e. The molecule has 1 aliphatic carbocycles. The van der Waals surface area contributed by atoms with E-state index in [0.29, 0.717) is 0 Å². The molecule has 0 amide bonds. The molecule has 1 aromatic rings. The molecule has 13 heavy (non-hydrogen) atoms. The van der Waals surface area contributed by atoms with Gasteiger partial charge in [0.2, 0.25) is 0 Å². The average Bonchev–Trinajstić information content (AvgIpc) is 2.71. The second-order valence-corrected chi connectivity index (χ2v) is 4.63. The Kier molecular flexibility index (Phi) is 3.27. The summed E-state index contributed by atoms with van der Waals surface area (Å²) in [7, 11) is 0. The summed E-state index contributed by atoms with van der Waals surface area (Å²) in [5.74, 6) is 1.05. The minimum absolute atomic E-state index is 0.725. The van der Waals surface area contributed by atoms with Crippen LogP contribution in [0.3, 0.4) is 0 Å². The number of hydrogen-bond donors (Lipinski definition) is 1. The van der Waals surface area contributed by atoms with Crippen LogP contribution in [0, 0.1) is 3.77 Å². The minimum Gasteiger partial charge on any atom is -0.454 e. The quantitative estimate of drug-likeness (QED) is 0.866. The van der Waals surface area contributed by atoms with E-state index in [1.54, 1.807) is 0 Å². The molecule has 1 heterocycles. The summed E-state index contributed by atoms with van der Waals surface area (Å²) in [4.78, 5) is 0. The van der Waals surface area contributed by atoms with Gasteiger partial charge >= 0.3 is 0 Å². The van der Waals surface area contributed by atoms with Crippen LogP contribution < -0.4 is 5.32 Å². The Morgan fingerprint density at radius 1 is 1.38 bits per heavy atom. The molecule has 1 aliphatic rings. The minimum atomic E-state index is 0.725. The molecule has 0 unspecified atom stereocenters. The lowest BCUT2D eigenvalue weighted by atomic mass is 10.2. The molecule has 2 rings (SSSR count). The Hall–Kier alpha value is -0.0300. The van der Waals surface area contributed by atoms with E-state index in [2.05, 4.69) is 27.9 Å². The number of hydrogen-bond acceptors (Lipinski definition) is 2. The Morgan fingerprint density at radius 3 is 2.77 bits per heavy atom. The van der Waals surface area contributed by atoms with Crippen molar-refractivity contribution in [3.8, 4) is 0 Å². The van der Waals surface area contributed by atoms with Crippen molar-refractivity contribution in [3.63, 3.8) is 0 Å². The van der Waals surface area contributed by atoms with Crippen LogP contribution in [0.2, 0.25) is 0 Å². The summed E-state index contributed by atoms with van der Waals surface area (Å²) in [6.45, 7) is 0.883. The zero-order valence-electron chi connectivity index (χ0n) is 7.55. The number of furan rings is 1. The number of nitrogens with one attached hydrogen (secondary N) is 1. The van der Waals surface area contributed by atoms with Gasteiger partial charge in [0, 0.05) is 6.04 Å². The van der Waals surface area contributed by atoms with Crippen molar-refractivity contribution in [2.75, 3.05) is 0 Å². The van der Waals surface area contributed by atoms with Gasteiger partial charge in [-0.3, -0.25) is 0 Å². The molecule has 2 nitrogen and oxygen atoms in total. The van der Waals surface area contributed by atoms with Crippen molar-refractivity contribution in [1.29, 1.82) is 0 Å². The van der Waals surface area contributed by atoms with Gasteiger partial charge in [-0.15, -0.1) is 0 Å². The van der Waals surface area contributed by atoms with Gasteiger partial charge in [-0.1, -0.05) is 12.8 Å². The largest absolute Gasteiger partial charge is 0.454 e. The van der Waals surface area contributed by atoms with Crippen LogP contribution in [-0.2, 0) is 6.54 Å².